The van der Waals surface area contributed by atoms with E-state index >= 15 is 0 Å². The molecule has 0 bridgehead atoms. The summed E-state index contributed by atoms with van der Waals surface area (Å²) < 4.78 is 7.01. The van der Waals surface area contributed by atoms with Gasteiger partial charge in [-0.15, -0.1) is 10.2 Å². The lowest BCUT2D eigenvalue weighted by Crippen LogP contribution is -2.13. The Bertz CT molecular complexity index is 1080. The van der Waals surface area contributed by atoms with Crippen LogP contribution in [-0.2, 0) is 7.05 Å². The average molecular weight is 335 g/mol. The molecule has 0 unspecified atom stereocenters. The summed E-state index contributed by atoms with van der Waals surface area (Å²) in [6, 6.07) is 3.71. The Morgan fingerprint density at radius 2 is 2.04 bits per heavy atom. The summed E-state index contributed by atoms with van der Waals surface area (Å²) in [4.78, 5) is 24.8. The van der Waals surface area contributed by atoms with E-state index in [0.29, 0.717) is 11.7 Å². The number of anilines is 1. The van der Waals surface area contributed by atoms with Crippen molar-refractivity contribution in [1.29, 1.82) is 0 Å². The fraction of sp³-hybridized carbons (Fsp3) is 0.125. The van der Waals surface area contributed by atoms with Crippen LogP contribution < -0.4 is 5.32 Å². The van der Waals surface area contributed by atoms with E-state index in [1.54, 1.807) is 37.9 Å². The van der Waals surface area contributed by atoms with E-state index in [-0.39, 0.29) is 5.89 Å². The van der Waals surface area contributed by atoms with Crippen LogP contribution in [0.4, 0.5) is 5.82 Å². The number of fused-ring (bicyclic) bond motifs is 1. The molecular weight excluding hydrogens is 322 g/mol. The molecule has 0 aromatic carbocycles. The zero-order valence-electron chi connectivity index (χ0n) is 13.5. The summed E-state index contributed by atoms with van der Waals surface area (Å²) in [5.41, 5.74) is 2.58. The maximum Gasteiger partial charge on any atom is 0.314 e. The number of carbonyl (C=O) groups is 1. The van der Waals surface area contributed by atoms with Crippen molar-refractivity contribution in [3.8, 4) is 11.3 Å². The highest BCUT2D eigenvalue weighted by molar-refractivity contribution is 6.01. The maximum absolute atomic E-state index is 12.1. The van der Waals surface area contributed by atoms with Gasteiger partial charge in [-0.05, 0) is 12.1 Å². The van der Waals surface area contributed by atoms with Crippen molar-refractivity contribution in [2.45, 2.75) is 6.92 Å². The van der Waals surface area contributed by atoms with Gasteiger partial charge in [0.2, 0.25) is 5.89 Å². The third kappa shape index (κ3) is 2.82. The van der Waals surface area contributed by atoms with Crippen molar-refractivity contribution >= 4 is 22.6 Å². The number of aromatic nitrogens is 6. The molecule has 0 atom stereocenters. The molecule has 4 aromatic heterocycles. The molecule has 0 saturated heterocycles. The van der Waals surface area contributed by atoms with E-state index < -0.39 is 5.91 Å². The number of amides is 1. The number of pyridine rings is 2. The third-order valence-corrected chi connectivity index (χ3v) is 3.64. The van der Waals surface area contributed by atoms with E-state index in [9.17, 15) is 4.79 Å². The minimum absolute atomic E-state index is 0.110. The second-order valence-corrected chi connectivity index (χ2v) is 5.46. The zero-order chi connectivity index (χ0) is 17.4. The normalized spacial score (nSPS) is 11.0. The Labute approximate surface area is 141 Å². The summed E-state index contributed by atoms with van der Waals surface area (Å²) in [5.74, 6) is 0.0725. The van der Waals surface area contributed by atoms with Gasteiger partial charge in [-0.25, -0.2) is 9.97 Å². The molecular formula is C16H13N7O2. The maximum atomic E-state index is 12.1. The Hall–Kier alpha value is -3.62. The van der Waals surface area contributed by atoms with Gasteiger partial charge in [-0.1, -0.05) is 0 Å². The van der Waals surface area contributed by atoms with Crippen LogP contribution in [0, 0.1) is 6.92 Å². The number of aryl methyl sites for hydroxylation is 2. The van der Waals surface area contributed by atoms with Gasteiger partial charge in [0.1, 0.15) is 5.82 Å². The van der Waals surface area contributed by atoms with Crippen molar-refractivity contribution < 1.29 is 9.21 Å². The monoisotopic (exact) mass is 335 g/mol. The van der Waals surface area contributed by atoms with Crippen molar-refractivity contribution in [2.75, 3.05) is 5.32 Å². The SMILES string of the molecule is Cc1nnc(C(=O)Nc2cc3cc(-c4cncn4C)cnc3cn2)o1. The van der Waals surface area contributed by atoms with Gasteiger partial charge >= 0.3 is 11.8 Å². The topological polar surface area (TPSA) is 112 Å². The quantitative estimate of drug-likeness (QED) is 0.609. The summed E-state index contributed by atoms with van der Waals surface area (Å²) in [6.07, 6.45) is 6.85. The van der Waals surface area contributed by atoms with Gasteiger partial charge in [0.25, 0.3) is 0 Å². The van der Waals surface area contributed by atoms with Crippen LogP contribution in [0.1, 0.15) is 16.6 Å². The van der Waals surface area contributed by atoms with Crippen LogP contribution in [-0.4, -0.2) is 35.6 Å². The molecule has 0 radical (unpaired) electrons. The molecule has 4 heterocycles. The molecule has 4 aromatic rings. The largest absolute Gasteiger partial charge is 0.417 e. The molecule has 0 saturated carbocycles. The molecule has 0 aliphatic heterocycles. The summed E-state index contributed by atoms with van der Waals surface area (Å²) in [7, 11) is 1.91. The molecule has 0 fully saturated rings. The first-order valence-electron chi connectivity index (χ1n) is 7.44. The summed E-state index contributed by atoms with van der Waals surface area (Å²) in [6.45, 7) is 1.61. The zero-order valence-corrected chi connectivity index (χ0v) is 13.5. The molecule has 25 heavy (non-hydrogen) atoms. The van der Waals surface area contributed by atoms with Crippen molar-refractivity contribution in [1.82, 2.24) is 29.7 Å². The number of hydrogen-bond acceptors (Lipinski definition) is 7. The number of carbonyl (C=O) groups excluding carboxylic acids is 1. The van der Waals surface area contributed by atoms with Gasteiger partial charge in [-0.3, -0.25) is 9.78 Å². The fourth-order valence-electron chi connectivity index (χ4n) is 2.43. The Kier molecular flexibility index (Phi) is 3.46. The Morgan fingerprint density at radius 1 is 1.16 bits per heavy atom. The van der Waals surface area contributed by atoms with E-state index in [2.05, 4.69) is 30.5 Å². The molecule has 9 heteroatoms. The van der Waals surface area contributed by atoms with Crippen molar-refractivity contribution in [2.24, 2.45) is 7.05 Å². The average Bonchev–Trinajstić information content (AvgIpc) is 3.22. The molecule has 124 valence electrons. The minimum Gasteiger partial charge on any atom is -0.417 e. The molecule has 9 nitrogen and oxygen atoms in total. The Morgan fingerprint density at radius 3 is 2.76 bits per heavy atom. The van der Waals surface area contributed by atoms with E-state index in [1.807, 2.05) is 17.7 Å². The molecule has 0 aliphatic carbocycles. The summed E-state index contributed by atoms with van der Waals surface area (Å²) >= 11 is 0. The minimum atomic E-state index is -0.511. The molecule has 1 N–H and O–H groups in total. The first-order valence-corrected chi connectivity index (χ1v) is 7.44. The molecule has 1 amide bonds. The first kappa shape index (κ1) is 14.9. The van der Waals surface area contributed by atoms with Crippen LogP contribution in [0.25, 0.3) is 22.2 Å². The van der Waals surface area contributed by atoms with Gasteiger partial charge in [0.05, 0.1) is 29.9 Å². The highest BCUT2D eigenvalue weighted by atomic mass is 16.4. The smallest absolute Gasteiger partial charge is 0.314 e. The van der Waals surface area contributed by atoms with Crippen LogP contribution in [0.15, 0.2) is 41.5 Å². The molecule has 4 rings (SSSR count). The highest BCUT2D eigenvalue weighted by Gasteiger charge is 2.14. The van der Waals surface area contributed by atoms with Crippen molar-refractivity contribution in [3.05, 3.63) is 48.8 Å². The fourth-order valence-corrected chi connectivity index (χ4v) is 2.43. The predicted octanol–water partition coefficient (Wildman–Crippen LogP) is 1.97. The van der Waals surface area contributed by atoms with Crippen molar-refractivity contribution in [3.63, 3.8) is 0 Å². The molecule has 0 aliphatic rings. The number of imidazole rings is 1. The summed E-state index contributed by atoms with van der Waals surface area (Å²) in [5, 5.41) is 10.8. The molecule has 0 spiro atoms. The van der Waals surface area contributed by atoms with Crippen LogP contribution in [0.2, 0.25) is 0 Å². The van der Waals surface area contributed by atoms with Gasteiger partial charge in [0.15, 0.2) is 0 Å². The number of nitrogens with one attached hydrogen (secondary N) is 1. The number of nitrogens with zero attached hydrogens (tertiary/aromatic N) is 6. The Balaban J connectivity index is 1.67. The van der Waals surface area contributed by atoms with Gasteiger partial charge < -0.3 is 14.3 Å². The van der Waals surface area contributed by atoms with Crippen LogP contribution in [0.3, 0.4) is 0 Å². The number of rotatable bonds is 3. The lowest BCUT2D eigenvalue weighted by atomic mass is 10.1. The van der Waals surface area contributed by atoms with Crippen LogP contribution in [0.5, 0.6) is 0 Å². The van der Waals surface area contributed by atoms with Crippen LogP contribution >= 0.6 is 0 Å². The third-order valence-electron chi connectivity index (χ3n) is 3.64. The second-order valence-electron chi connectivity index (χ2n) is 5.46. The predicted molar refractivity (Wildman–Crippen MR) is 88.7 cm³/mol. The van der Waals surface area contributed by atoms with E-state index in [0.717, 1.165) is 22.2 Å². The second kappa shape index (κ2) is 5.78. The van der Waals surface area contributed by atoms with E-state index in [1.165, 1.54) is 0 Å². The lowest BCUT2D eigenvalue weighted by molar-refractivity contribution is 0.0988. The lowest BCUT2D eigenvalue weighted by Gasteiger charge is -2.06. The highest BCUT2D eigenvalue weighted by Crippen LogP contribution is 2.23. The standard InChI is InChI=1S/C16H13N7O2/c1-9-21-22-16(25-9)15(24)20-14-4-10-3-11(5-18-12(10)6-19-14)13-7-17-8-23(13)2/h3-8H,1-2H3,(H,19,20,24). The van der Waals surface area contributed by atoms with E-state index in [4.69, 9.17) is 4.42 Å². The number of hydrogen-bond donors (Lipinski definition) is 1. The first-order chi connectivity index (χ1) is 12.1. The van der Waals surface area contributed by atoms with Gasteiger partial charge in [-0.2, -0.15) is 0 Å². The van der Waals surface area contributed by atoms with Gasteiger partial charge in [0, 0.05) is 31.1 Å².